The van der Waals surface area contributed by atoms with E-state index in [1.165, 1.54) is 0 Å². The Balaban J connectivity index is 2.78. The molecule has 0 aromatic heterocycles. The van der Waals surface area contributed by atoms with Crippen LogP contribution < -0.4 is 0 Å². The highest BCUT2D eigenvalue weighted by molar-refractivity contribution is 5.85. The van der Waals surface area contributed by atoms with E-state index < -0.39 is 5.97 Å². The predicted molar refractivity (Wildman–Crippen MR) is 56.3 cm³/mol. The zero-order valence-electron chi connectivity index (χ0n) is 8.40. The van der Waals surface area contributed by atoms with Gasteiger partial charge >= 0.3 is 5.97 Å². The third kappa shape index (κ3) is 3.28. The zero-order chi connectivity index (χ0) is 11.3. The van der Waals surface area contributed by atoms with Crippen molar-refractivity contribution in [2.45, 2.75) is 13.3 Å². The van der Waals surface area contributed by atoms with Gasteiger partial charge in [0.25, 0.3) is 0 Å². The van der Waals surface area contributed by atoms with Gasteiger partial charge in [0, 0.05) is 5.57 Å². The normalized spacial score (nSPS) is 10.8. The third-order valence-corrected chi connectivity index (χ3v) is 2.04. The van der Waals surface area contributed by atoms with E-state index in [2.05, 4.69) is 0 Å². The van der Waals surface area contributed by atoms with Gasteiger partial charge < -0.3 is 5.11 Å². The highest BCUT2D eigenvalue weighted by Crippen LogP contribution is 2.06. The van der Waals surface area contributed by atoms with E-state index in [0.29, 0.717) is 17.6 Å². The van der Waals surface area contributed by atoms with Crippen LogP contribution in [-0.2, 0) is 11.2 Å². The van der Waals surface area contributed by atoms with E-state index in [0.717, 1.165) is 5.56 Å². The molecule has 0 fully saturated rings. The molecule has 0 unspecified atom stereocenters. The molecule has 0 spiro atoms. The van der Waals surface area contributed by atoms with Crippen molar-refractivity contribution in [1.29, 1.82) is 5.26 Å². The summed E-state index contributed by atoms with van der Waals surface area (Å²) in [5, 5.41) is 17.3. The van der Waals surface area contributed by atoms with E-state index >= 15 is 0 Å². The van der Waals surface area contributed by atoms with Crippen molar-refractivity contribution >= 4 is 5.97 Å². The highest BCUT2D eigenvalue weighted by Gasteiger charge is 1.99. The molecule has 0 aliphatic rings. The first-order chi connectivity index (χ1) is 7.13. The Morgan fingerprint density at radius 3 is 2.93 bits per heavy atom. The highest BCUT2D eigenvalue weighted by atomic mass is 16.4. The maximum Gasteiger partial charge on any atom is 0.330 e. The average Bonchev–Trinajstić information content (AvgIpc) is 2.26. The Bertz CT molecular complexity index is 441. The number of hydrogen-bond acceptors (Lipinski definition) is 2. The molecule has 0 amide bonds. The predicted octanol–water partition coefficient (Wildman–Crippen LogP) is 2.13. The van der Waals surface area contributed by atoms with Gasteiger partial charge in [0.15, 0.2) is 0 Å². The van der Waals surface area contributed by atoms with E-state index in [1.54, 1.807) is 31.2 Å². The molecule has 1 rings (SSSR count). The number of benzene rings is 1. The van der Waals surface area contributed by atoms with Crippen molar-refractivity contribution in [2.75, 3.05) is 0 Å². The van der Waals surface area contributed by atoms with Gasteiger partial charge in [-0.3, -0.25) is 0 Å². The molecule has 0 bridgehead atoms. The lowest BCUT2D eigenvalue weighted by Crippen LogP contribution is -1.96. The van der Waals surface area contributed by atoms with Crippen LogP contribution in [0.25, 0.3) is 0 Å². The lowest BCUT2D eigenvalue weighted by molar-refractivity contribution is -0.132. The Kier molecular flexibility index (Phi) is 3.64. The van der Waals surface area contributed by atoms with E-state index in [1.807, 2.05) is 12.1 Å². The van der Waals surface area contributed by atoms with Crippen molar-refractivity contribution in [1.82, 2.24) is 0 Å². The van der Waals surface area contributed by atoms with Crippen molar-refractivity contribution in [3.63, 3.8) is 0 Å². The van der Waals surface area contributed by atoms with Crippen molar-refractivity contribution in [2.24, 2.45) is 0 Å². The van der Waals surface area contributed by atoms with Crippen LogP contribution in [0.3, 0.4) is 0 Å². The fraction of sp³-hybridized carbons (Fsp3) is 0.167. The molecule has 76 valence electrons. The molecule has 0 radical (unpaired) electrons. The quantitative estimate of drug-likeness (QED) is 0.762. The minimum atomic E-state index is -0.911. The van der Waals surface area contributed by atoms with Crippen molar-refractivity contribution in [3.8, 4) is 6.07 Å². The molecule has 0 aliphatic carbocycles. The summed E-state index contributed by atoms with van der Waals surface area (Å²) in [7, 11) is 0. The number of carboxylic acid groups (broad SMARTS) is 1. The molecule has 3 nitrogen and oxygen atoms in total. The smallest absolute Gasteiger partial charge is 0.330 e. The van der Waals surface area contributed by atoms with Crippen LogP contribution in [0, 0.1) is 11.3 Å². The van der Waals surface area contributed by atoms with Crippen LogP contribution in [0.4, 0.5) is 0 Å². The van der Waals surface area contributed by atoms with Gasteiger partial charge in [0.2, 0.25) is 0 Å². The van der Waals surface area contributed by atoms with E-state index in [-0.39, 0.29) is 0 Å². The summed E-state index contributed by atoms with van der Waals surface area (Å²) in [4.78, 5) is 10.5. The first-order valence-electron chi connectivity index (χ1n) is 4.52. The second-order valence-corrected chi connectivity index (χ2v) is 3.21. The van der Waals surface area contributed by atoms with E-state index in [9.17, 15) is 4.79 Å². The molecular weight excluding hydrogens is 190 g/mol. The van der Waals surface area contributed by atoms with Crippen LogP contribution in [0.5, 0.6) is 0 Å². The number of carboxylic acids is 1. The summed E-state index contributed by atoms with van der Waals surface area (Å²) in [5.74, 6) is -0.911. The number of aliphatic carboxylic acids is 1. The number of nitriles is 1. The van der Waals surface area contributed by atoms with Crippen LogP contribution in [0.2, 0.25) is 0 Å². The fourth-order valence-electron chi connectivity index (χ4n) is 1.13. The Hall–Kier alpha value is -2.08. The monoisotopic (exact) mass is 201 g/mol. The molecule has 15 heavy (non-hydrogen) atoms. The molecule has 0 saturated heterocycles. The molecule has 3 heteroatoms. The summed E-state index contributed by atoms with van der Waals surface area (Å²) in [6.45, 7) is 1.55. The standard InChI is InChI=1S/C12H11NO2/c1-9(12(14)15)5-6-10-3-2-4-11(7-10)8-13/h2-5,7H,6H2,1H3,(H,14,15). The van der Waals surface area contributed by atoms with Gasteiger partial charge in [0.05, 0.1) is 11.6 Å². The second kappa shape index (κ2) is 4.97. The van der Waals surface area contributed by atoms with Gasteiger partial charge in [0.1, 0.15) is 0 Å². The van der Waals surface area contributed by atoms with Crippen LogP contribution in [0.1, 0.15) is 18.1 Å². The van der Waals surface area contributed by atoms with Crippen LogP contribution in [-0.4, -0.2) is 11.1 Å². The summed E-state index contributed by atoms with van der Waals surface area (Å²) >= 11 is 0. The largest absolute Gasteiger partial charge is 0.478 e. The fourth-order valence-corrected chi connectivity index (χ4v) is 1.13. The van der Waals surface area contributed by atoms with Crippen molar-refractivity contribution in [3.05, 3.63) is 47.0 Å². The summed E-state index contributed by atoms with van der Waals surface area (Å²) in [5.41, 5.74) is 1.85. The minimum Gasteiger partial charge on any atom is -0.478 e. The molecule has 1 N–H and O–H groups in total. The number of hydrogen-bond donors (Lipinski definition) is 1. The molecule has 0 heterocycles. The molecule has 0 atom stereocenters. The SMILES string of the molecule is CC(=CCc1cccc(C#N)c1)C(=O)O. The van der Waals surface area contributed by atoms with Crippen LogP contribution >= 0.6 is 0 Å². The second-order valence-electron chi connectivity index (χ2n) is 3.21. The number of rotatable bonds is 3. The topological polar surface area (TPSA) is 61.1 Å². The maximum absolute atomic E-state index is 10.5. The lowest BCUT2D eigenvalue weighted by atomic mass is 10.1. The van der Waals surface area contributed by atoms with Gasteiger partial charge in [-0.1, -0.05) is 18.2 Å². The Labute approximate surface area is 88.3 Å². The van der Waals surface area contributed by atoms with Gasteiger partial charge in [-0.25, -0.2) is 4.79 Å². The number of allylic oxidation sites excluding steroid dienone is 1. The van der Waals surface area contributed by atoms with Gasteiger partial charge in [-0.2, -0.15) is 5.26 Å². The van der Waals surface area contributed by atoms with Crippen molar-refractivity contribution < 1.29 is 9.90 Å². The first kappa shape index (κ1) is 11.0. The molecular formula is C12H11NO2. The summed E-state index contributed by atoms with van der Waals surface area (Å²) < 4.78 is 0. The molecule has 1 aromatic carbocycles. The molecule has 0 aliphatic heterocycles. The molecule has 0 saturated carbocycles. The maximum atomic E-state index is 10.5. The molecule has 1 aromatic rings. The third-order valence-electron chi connectivity index (χ3n) is 2.04. The Morgan fingerprint density at radius 1 is 1.60 bits per heavy atom. The van der Waals surface area contributed by atoms with Crippen LogP contribution in [0.15, 0.2) is 35.9 Å². The number of nitrogens with zero attached hydrogens (tertiary/aromatic N) is 1. The summed E-state index contributed by atoms with van der Waals surface area (Å²) in [6.07, 6.45) is 2.17. The van der Waals surface area contributed by atoms with Gasteiger partial charge in [-0.05, 0) is 31.0 Å². The minimum absolute atomic E-state index is 0.317. The number of carbonyl (C=O) groups is 1. The average molecular weight is 201 g/mol. The Morgan fingerprint density at radius 2 is 2.33 bits per heavy atom. The van der Waals surface area contributed by atoms with Gasteiger partial charge in [-0.15, -0.1) is 0 Å². The lowest BCUT2D eigenvalue weighted by Gasteiger charge is -1.97. The zero-order valence-corrected chi connectivity index (χ0v) is 8.40. The van der Waals surface area contributed by atoms with E-state index in [4.69, 9.17) is 10.4 Å². The first-order valence-corrected chi connectivity index (χ1v) is 4.52. The summed E-state index contributed by atoms with van der Waals surface area (Å²) in [6, 6.07) is 9.17.